The van der Waals surface area contributed by atoms with E-state index in [2.05, 4.69) is 264 Å². The first-order valence-electron chi connectivity index (χ1n) is 22.8. The van der Waals surface area contributed by atoms with Crippen molar-refractivity contribution in [3.05, 3.63) is 254 Å². The summed E-state index contributed by atoms with van der Waals surface area (Å²) in [5.41, 5.74) is 16.6. The Balaban J connectivity index is 1.06. The van der Waals surface area contributed by atoms with Crippen LogP contribution in [0.5, 0.6) is 0 Å². The minimum Gasteiger partial charge on any atom is -0.309 e. The fraction of sp³-hybridized carbons (Fsp3) is 0. The summed E-state index contributed by atoms with van der Waals surface area (Å²) in [5.74, 6) is 0. The second kappa shape index (κ2) is 15.5. The van der Waals surface area contributed by atoms with Gasteiger partial charge in [0, 0.05) is 32.9 Å². The van der Waals surface area contributed by atoms with Gasteiger partial charge in [-0.15, -0.1) is 0 Å². The predicted octanol–water partition coefficient (Wildman–Crippen LogP) is 17.4. The number of nitrogens with zero attached hydrogens (tertiary/aromatic N) is 2. The molecule has 0 atom stereocenters. The van der Waals surface area contributed by atoms with Crippen molar-refractivity contribution < 1.29 is 0 Å². The molecule has 0 amide bonds. The number of hydrogen-bond donors (Lipinski definition) is 0. The van der Waals surface area contributed by atoms with Crippen molar-refractivity contribution in [2.24, 2.45) is 0 Å². The molecule has 0 aliphatic heterocycles. The summed E-state index contributed by atoms with van der Waals surface area (Å²) in [7, 11) is 0. The van der Waals surface area contributed by atoms with Crippen molar-refractivity contribution >= 4 is 77.3 Å². The molecule has 13 aromatic rings. The van der Waals surface area contributed by atoms with E-state index >= 15 is 0 Å². The third-order valence-electron chi connectivity index (χ3n) is 13.5. The van der Waals surface area contributed by atoms with Crippen molar-refractivity contribution in [1.29, 1.82) is 0 Å². The van der Waals surface area contributed by atoms with Gasteiger partial charge in [0.2, 0.25) is 0 Å². The lowest BCUT2D eigenvalue weighted by Crippen LogP contribution is -1.97. The van der Waals surface area contributed by atoms with Crippen LogP contribution < -0.4 is 0 Å². The molecule has 0 spiro atoms. The van der Waals surface area contributed by atoms with Gasteiger partial charge >= 0.3 is 0 Å². The lowest BCUT2D eigenvalue weighted by molar-refractivity contribution is 1.18. The predicted molar refractivity (Wildman–Crippen MR) is 282 cm³/mol. The topological polar surface area (TPSA) is 9.86 Å². The Labute approximate surface area is 383 Å². The van der Waals surface area contributed by atoms with Crippen LogP contribution in [0, 0.1) is 0 Å². The number of benzene rings is 11. The highest BCUT2D eigenvalue weighted by Gasteiger charge is 2.20. The number of hydrogen-bond acceptors (Lipinski definition) is 0. The molecule has 66 heavy (non-hydrogen) atoms. The Morgan fingerprint density at radius 3 is 1.14 bits per heavy atom. The molecule has 2 heterocycles. The van der Waals surface area contributed by atoms with E-state index in [-0.39, 0.29) is 0 Å². The van der Waals surface area contributed by atoms with Gasteiger partial charge in [0.1, 0.15) is 0 Å². The Morgan fingerprint density at radius 2 is 0.606 bits per heavy atom. The molecular formula is C64H42N2. The lowest BCUT2D eigenvalue weighted by Gasteiger charge is -2.20. The summed E-state index contributed by atoms with van der Waals surface area (Å²) in [6.07, 6.45) is 4.40. The quantitative estimate of drug-likeness (QED) is 0.112. The van der Waals surface area contributed by atoms with Gasteiger partial charge in [-0.3, -0.25) is 0 Å². The van der Waals surface area contributed by atoms with E-state index in [4.69, 9.17) is 0 Å². The van der Waals surface area contributed by atoms with Crippen LogP contribution in [0.1, 0.15) is 11.1 Å². The monoisotopic (exact) mass is 838 g/mol. The molecule has 2 aromatic heterocycles. The number of para-hydroxylation sites is 4. The van der Waals surface area contributed by atoms with E-state index in [1.807, 2.05) is 0 Å². The minimum atomic E-state index is 1.14. The molecule has 2 nitrogen and oxygen atoms in total. The van der Waals surface area contributed by atoms with E-state index in [1.165, 1.54) is 104 Å². The van der Waals surface area contributed by atoms with Crippen LogP contribution in [-0.2, 0) is 0 Å². The third kappa shape index (κ3) is 6.18. The first-order valence-corrected chi connectivity index (χ1v) is 22.8. The molecule has 308 valence electrons. The van der Waals surface area contributed by atoms with Gasteiger partial charge in [0.25, 0.3) is 0 Å². The number of rotatable bonds is 7. The second-order valence-electron chi connectivity index (χ2n) is 17.3. The van der Waals surface area contributed by atoms with Crippen LogP contribution in [0.2, 0.25) is 0 Å². The van der Waals surface area contributed by atoms with Gasteiger partial charge in [0.15, 0.2) is 0 Å². The van der Waals surface area contributed by atoms with Gasteiger partial charge in [-0.25, -0.2) is 0 Å². The van der Waals surface area contributed by atoms with Gasteiger partial charge in [-0.05, 0) is 127 Å². The fourth-order valence-electron chi connectivity index (χ4n) is 10.6. The molecule has 0 aliphatic carbocycles. The molecule has 2 heteroatoms. The van der Waals surface area contributed by atoms with E-state index < -0.39 is 0 Å². The van der Waals surface area contributed by atoms with Crippen molar-refractivity contribution in [2.75, 3.05) is 0 Å². The minimum absolute atomic E-state index is 1.14. The number of fused-ring (bicyclic) bond motifs is 8. The van der Waals surface area contributed by atoms with Crippen LogP contribution in [0.3, 0.4) is 0 Å². The maximum atomic E-state index is 2.44. The molecular weight excluding hydrogens is 797 g/mol. The van der Waals surface area contributed by atoms with Gasteiger partial charge < -0.3 is 9.13 Å². The molecule has 0 bridgehead atoms. The molecule has 0 unspecified atom stereocenters. The molecule has 11 aromatic carbocycles. The van der Waals surface area contributed by atoms with Crippen LogP contribution in [-0.4, -0.2) is 9.13 Å². The molecule has 0 aliphatic rings. The highest BCUT2D eigenvalue weighted by molar-refractivity contribution is 6.22. The first kappa shape index (κ1) is 37.8. The Kier molecular flexibility index (Phi) is 8.89. The zero-order chi connectivity index (χ0) is 43.6. The fourth-order valence-corrected chi connectivity index (χ4v) is 10.6. The maximum absolute atomic E-state index is 2.44. The van der Waals surface area contributed by atoms with E-state index in [0.29, 0.717) is 0 Å². The van der Waals surface area contributed by atoms with Crippen LogP contribution in [0.4, 0.5) is 0 Å². The van der Waals surface area contributed by atoms with Gasteiger partial charge in [-0.1, -0.05) is 194 Å². The van der Waals surface area contributed by atoms with E-state index in [1.54, 1.807) is 0 Å². The smallest absolute Gasteiger partial charge is 0.0541 e. The Hall–Kier alpha value is -8.72. The van der Waals surface area contributed by atoms with Gasteiger partial charge in [0.05, 0.1) is 22.1 Å². The van der Waals surface area contributed by atoms with Crippen LogP contribution in [0.25, 0.3) is 122 Å². The SMILES string of the molecule is C(=Cc1cccc(-c2ccc3c(-c4cccc(-n5c6ccccc6c6ccccc65)c4)c4ccccc4c(-c4cccc(-n5c6ccccc6c6ccccc65)c4)c3c2)c1)c1ccccc1. The molecule has 13 rings (SSSR count). The molecule has 0 saturated carbocycles. The molecule has 0 fully saturated rings. The number of aromatic nitrogens is 2. The summed E-state index contributed by atoms with van der Waals surface area (Å²) in [4.78, 5) is 0. The van der Waals surface area contributed by atoms with Crippen molar-refractivity contribution in [3.63, 3.8) is 0 Å². The highest BCUT2D eigenvalue weighted by Crippen LogP contribution is 2.46. The standard InChI is InChI=1S/C64H42N2/c1-2-17-43(18-3-1)35-36-44-19-14-20-45(39-44)46-37-38-57-58(42-46)64(48-22-16-24-50(41-48)66-61-33-12-8-27-53(61)54-28-9-13-34-62(54)66)56-30-5-4-29-55(56)63(57)47-21-15-23-49(40-47)65-59-31-10-6-25-51(59)52-26-7-11-32-60(52)65/h1-42H. The molecule has 0 saturated heterocycles. The summed E-state index contributed by atoms with van der Waals surface area (Å²) in [6.45, 7) is 0. The first-order chi connectivity index (χ1) is 32.7. The lowest BCUT2D eigenvalue weighted by atomic mass is 9.84. The average Bonchev–Trinajstić information content (AvgIpc) is 3.91. The summed E-state index contributed by atoms with van der Waals surface area (Å²) < 4.78 is 4.84. The van der Waals surface area contributed by atoms with Crippen molar-refractivity contribution in [2.45, 2.75) is 0 Å². The third-order valence-corrected chi connectivity index (χ3v) is 13.5. The summed E-state index contributed by atoms with van der Waals surface area (Å²) in [5, 5.41) is 9.91. The molecule has 0 radical (unpaired) electrons. The van der Waals surface area contributed by atoms with E-state index in [0.717, 1.165) is 16.9 Å². The van der Waals surface area contributed by atoms with Crippen LogP contribution in [0.15, 0.2) is 243 Å². The maximum Gasteiger partial charge on any atom is 0.0541 e. The Bertz CT molecular complexity index is 3940. The van der Waals surface area contributed by atoms with Crippen molar-refractivity contribution in [1.82, 2.24) is 9.13 Å². The largest absolute Gasteiger partial charge is 0.309 e. The average molecular weight is 839 g/mol. The normalized spacial score (nSPS) is 11.9. The summed E-state index contributed by atoms with van der Waals surface area (Å²) >= 11 is 0. The van der Waals surface area contributed by atoms with Crippen LogP contribution >= 0.6 is 0 Å². The zero-order valence-electron chi connectivity index (χ0n) is 36.1. The zero-order valence-corrected chi connectivity index (χ0v) is 36.1. The Morgan fingerprint density at radius 1 is 0.227 bits per heavy atom. The van der Waals surface area contributed by atoms with Crippen molar-refractivity contribution in [3.8, 4) is 44.8 Å². The summed E-state index contributed by atoms with van der Waals surface area (Å²) in [6, 6.07) is 88.9. The highest BCUT2D eigenvalue weighted by atomic mass is 15.0. The molecule has 0 N–H and O–H groups in total. The van der Waals surface area contributed by atoms with E-state index in [9.17, 15) is 0 Å². The second-order valence-corrected chi connectivity index (χ2v) is 17.3. The van der Waals surface area contributed by atoms with Gasteiger partial charge in [-0.2, -0.15) is 0 Å².